The molecule has 9 heteroatoms. The van der Waals surface area contributed by atoms with Crippen molar-refractivity contribution in [2.24, 2.45) is 5.92 Å². The van der Waals surface area contributed by atoms with Crippen LogP contribution in [0.15, 0.2) is 35.3 Å². The second-order valence-electron chi connectivity index (χ2n) is 8.67. The van der Waals surface area contributed by atoms with Gasteiger partial charge in [-0.3, -0.25) is 14.0 Å². The Hall–Kier alpha value is -2.68. The van der Waals surface area contributed by atoms with Crippen LogP contribution in [0.3, 0.4) is 0 Å². The summed E-state index contributed by atoms with van der Waals surface area (Å²) in [5.74, 6) is -0.0675. The number of aromatic nitrogens is 3. The van der Waals surface area contributed by atoms with Gasteiger partial charge >= 0.3 is 0 Å². The molecule has 31 heavy (non-hydrogen) atoms. The van der Waals surface area contributed by atoms with Gasteiger partial charge in [-0.05, 0) is 30.5 Å². The van der Waals surface area contributed by atoms with E-state index in [4.69, 9.17) is 0 Å². The van der Waals surface area contributed by atoms with E-state index >= 15 is 0 Å². The molecular formula is C22H28N4O4S. The van der Waals surface area contributed by atoms with E-state index < -0.39 is 15.1 Å². The van der Waals surface area contributed by atoms with E-state index in [1.807, 2.05) is 24.5 Å². The first-order valence-electron chi connectivity index (χ1n) is 10.7. The largest absolute Gasteiger partial charge is 0.335 e. The third kappa shape index (κ3) is 3.86. The zero-order valence-corrected chi connectivity index (χ0v) is 18.9. The molecule has 1 saturated heterocycles. The van der Waals surface area contributed by atoms with Crippen molar-refractivity contribution in [3.8, 4) is 0 Å². The number of carbonyl (C=O) groups excluding carboxylic acids is 1. The van der Waals surface area contributed by atoms with Crippen molar-refractivity contribution in [3.05, 3.63) is 46.5 Å². The van der Waals surface area contributed by atoms with Gasteiger partial charge in [-0.15, -0.1) is 0 Å². The second kappa shape index (κ2) is 8.11. The summed E-state index contributed by atoms with van der Waals surface area (Å²) in [6, 6.07) is 6.95. The van der Waals surface area contributed by atoms with E-state index in [2.05, 4.69) is 11.9 Å². The zero-order chi connectivity index (χ0) is 22.3. The molecule has 0 spiro atoms. The van der Waals surface area contributed by atoms with Crippen LogP contribution < -0.4 is 5.56 Å². The van der Waals surface area contributed by atoms with Gasteiger partial charge < -0.3 is 9.47 Å². The topological polar surface area (TPSA) is 93.8 Å². The predicted molar refractivity (Wildman–Crippen MR) is 120 cm³/mol. The third-order valence-electron chi connectivity index (χ3n) is 5.74. The molecule has 8 nitrogen and oxygen atoms in total. The lowest BCUT2D eigenvalue weighted by Crippen LogP contribution is -2.57. The number of unbranched alkanes of at least 4 members (excludes halogenated alkanes) is 1. The minimum absolute atomic E-state index is 0.0551. The van der Waals surface area contributed by atoms with Gasteiger partial charge in [0, 0.05) is 25.8 Å². The number of hydrogen-bond acceptors (Lipinski definition) is 5. The number of nitrogens with zero attached hydrogens (tertiary/aromatic N) is 4. The number of aryl methyl sites for hydroxylation is 1. The van der Waals surface area contributed by atoms with E-state index in [1.54, 1.807) is 29.3 Å². The molecule has 3 aromatic heterocycles. The van der Waals surface area contributed by atoms with Crippen molar-refractivity contribution in [3.63, 3.8) is 0 Å². The van der Waals surface area contributed by atoms with Crippen molar-refractivity contribution in [1.82, 2.24) is 18.9 Å². The highest BCUT2D eigenvalue weighted by atomic mass is 32.2. The first kappa shape index (κ1) is 21.5. The first-order valence-corrected chi connectivity index (χ1v) is 12.5. The quantitative estimate of drug-likeness (QED) is 0.558. The zero-order valence-electron chi connectivity index (χ0n) is 18.1. The molecule has 0 radical (unpaired) electrons. The Morgan fingerprint density at radius 3 is 2.68 bits per heavy atom. The number of likely N-dealkylation sites (tertiary alicyclic amines) is 1. The second-order valence-corrected chi connectivity index (χ2v) is 11.0. The number of fused-ring (bicyclic) bond motifs is 2. The number of amides is 1. The molecule has 1 fully saturated rings. The first-order chi connectivity index (χ1) is 14.7. The van der Waals surface area contributed by atoms with Crippen molar-refractivity contribution in [1.29, 1.82) is 0 Å². The summed E-state index contributed by atoms with van der Waals surface area (Å²) in [5.41, 5.74) is 1.20. The van der Waals surface area contributed by atoms with Gasteiger partial charge in [-0.25, -0.2) is 13.4 Å². The standard InChI is InChI=1S/C22H28N4O4S/c1-4-5-9-25-18(22(28)24-12-16(13-24)31(29,30)14-15(2)3)11-17-20(25)23-19-8-6-7-10-26(19)21(17)27/h6-8,10-11,15-16H,4-5,9,12-14H2,1-3H3. The van der Waals surface area contributed by atoms with E-state index in [0.29, 0.717) is 28.9 Å². The van der Waals surface area contributed by atoms with Crippen LogP contribution in [0.4, 0.5) is 0 Å². The summed E-state index contributed by atoms with van der Waals surface area (Å²) in [5, 5.41) is -0.119. The summed E-state index contributed by atoms with van der Waals surface area (Å²) in [6.07, 6.45) is 3.43. The Bertz CT molecular complexity index is 1300. The molecule has 0 unspecified atom stereocenters. The number of hydrogen-bond donors (Lipinski definition) is 0. The maximum Gasteiger partial charge on any atom is 0.270 e. The van der Waals surface area contributed by atoms with Crippen LogP contribution in [0.2, 0.25) is 0 Å². The van der Waals surface area contributed by atoms with Gasteiger partial charge in [-0.2, -0.15) is 0 Å². The summed E-state index contributed by atoms with van der Waals surface area (Å²) >= 11 is 0. The van der Waals surface area contributed by atoms with Crippen molar-refractivity contribution >= 4 is 32.4 Å². The smallest absolute Gasteiger partial charge is 0.270 e. The fourth-order valence-electron chi connectivity index (χ4n) is 4.07. The highest BCUT2D eigenvalue weighted by Crippen LogP contribution is 2.24. The lowest BCUT2D eigenvalue weighted by Gasteiger charge is -2.39. The third-order valence-corrected chi connectivity index (χ3v) is 8.18. The Kier molecular flexibility index (Phi) is 5.63. The average molecular weight is 445 g/mol. The van der Waals surface area contributed by atoms with Crippen LogP contribution in [-0.2, 0) is 16.4 Å². The van der Waals surface area contributed by atoms with Crippen molar-refractivity contribution in [2.45, 2.75) is 45.4 Å². The molecule has 4 rings (SSSR count). The van der Waals surface area contributed by atoms with Gasteiger partial charge in [0.1, 0.15) is 17.0 Å². The molecule has 0 aliphatic carbocycles. The van der Waals surface area contributed by atoms with Crippen LogP contribution in [-0.4, -0.2) is 57.3 Å². The van der Waals surface area contributed by atoms with Crippen molar-refractivity contribution in [2.75, 3.05) is 18.8 Å². The predicted octanol–water partition coefficient (Wildman–Crippen LogP) is 2.34. The highest BCUT2D eigenvalue weighted by molar-refractivity contribution is 7.92. The summed E-state index contributed by atoms with van der Waals surface area (Å²) < 4.78 is 28.2. The maximum atomic E-state index is 13.3. The highest BCUT2D eigenvalue weighted by Gasteiger charge is 2.40. The van der Waals surface area contributed by atoms with Gasteiger partial charge in [0.25, 0.3) is 11.5 Å². The van der Waals surface area contributed by atoms with E-state index in [-0.39, 0.29) is 36.2 Å². The van der Waals surface area contributed by atoms with Crippen LogP contribution in [0.5, 0.6) is 0 Å². The molecule has 0 saturated carbocycles. The molecule has 1 aliphatic heterocycles. The number of pyridine rings is 1. The number of sulfone groups is 1. The molecule has 0 N–H and O–H groups in total. The molecule has 0 aromatic carbocycles. The van der Waals surface area contributed by atoms with Gasteiger partial charge in [0.05, 0.1) is 16.4 Å². The minimum Gasteiger partial charge on any atom is -0.335 e. The molecule has 166 valence electrons. The lowest BCUT2D eigenvalue weighted by atomic mass is 10.2. The Balaban J connectivity index is 1.70. The molecule has 3 aromatic rings. The normalized spacial score (nSPS) is 15.2. The molecule has 4 heterocycles. The van der Waals surface area contributed by atoms with E-state index in [1.165, 1.54) is 4.40 Å². The number of carbonyl (C=O) groups is 1. The van der Waals surface area contributed by atoms with Gasteiger partial charge in [0.15, 0.2) is 9.84 Å². The Morgan fingerprint density at radius 1 is 1.26 bits per heavy atom. The molecule has 1 amide bonds. The monoisotopic (exact) mass is 444 g/mol. The molecule has 1 aliphatic rings. The van der Waals surface area contributed by atoms with Crippen molar-refractivity contribution < 1.29 is 13.2 Å². The van der Waals surface area contributed by atoms with Crippen LogP contribution >= 0.6 is 0 Å². The Morgan fingerprint density at radius 2 is 2.00 bits per heavy atom. The average Bonchev–Trinajstić information content (AvgIpc) is 3.02. The Labute approximate surface area is 181 Å². The van der Waals surface area contributed by atoms with Crippen LogP contribution in [0.25, 0.3) is 16.7 Å². The van der Waals surface area contributed by atoms with Crippen LogP contribution in [0, 0.1) is 5.92 Å². The summed E-state index contributed by atoms with van der Waals surface area (Å²) in [7, 11) is -3.22. The van der Waals surface area contributed by atoms with Crippen LogP contribution in [0.1, 0.15) is 44.1 Å². The van der Waals surface area contributed by atoms with E-state index in [0.717, 1.165) is 12.8 Å². The van der Waals surface area contributed by atoms with Gasteiger partial charge in [0.2, 0.25) is 0 Å². The molecule has 0 atom stereocenters. The van der Waals surface area contributed by atoms with E-state index in [9.17, 15) is 18.0 Å². The lowest BCUT2D eigenvalue weighted by molar-refractivity contribution is 0.0647. The SMILES string of the molecule is CCCCn1c(C(=O)N2CC(S(=O)(=O)CC(C)C)C2)cc2c(=O)n3ccccc3nc21. The fraction of sp³-hybridized carbons (Fsp3) is 0.500. The summed E-state index contributed by atoms with van der Waals surface area (Å²) in [6.45, 7) is 6.76. The molecular weight excluding hydrogens is 416 g/mol. The minimum atomic E-state index is -3.22. The molecule has 0 bridgehead atoms. The number of rotatable bonds is 7. The maximum absolute atomic E-state index is 13.3. The van der Waals surface area contributed by atoms with Gasteiger partial charge in [-0.1, -0.05) is 33.3 Å². The summed E-state index contributed by atoms with van der Waals surface area (Å²) in [4.78, 5) is 32.4. The fourth-order valence-corrected chi connectivity index (χ4v) is 6.08.